The van der Waals surface area contributed by atoms with Gasteiger partial charge in [-0.2, -0.15) is 0 Å². The summed E-state index contributed by atoms with van der Waals surface area (Å²) in [5.41, 5.74) is 1.94. The quantitative estimate of drug-likeness (QED) is 0.549. The summed E-state index contributed by atoms with van der Waals surface area (Å²) in [7, 11) is -2.47. The molecule has 162 valence electrons. The number of benzene rings is 3. The topological polar surface area (TPSA) is 75.7 Å². The third kappa shape index (κ3) is 5.37. The molecule has 1 N–H and O–H groups in total. The summed E-state index contributed by atoms with van der Waals surface area (Å²) in [6, 6.07) is 20.3. The Bertz CT molecular complexity index is 1160. The molecule has 31 heavy (non-hydrogen) atoms. The van der Waals surface area contributed by atoms with E-state index in [1.165, 1.54) is 12.1 Å². The Morgan fingerprint density at radius 1 is 1.00 bits per heavy atom. The SMILES string of the molecule is COc1ccccc1CNC(=O)CN(c1ccccc1Cl)S(=O)(=O)c1ccc(C)cc1. The van der Waals surface area contributed by atoms with E-state index in [0.717, 1.165) is 15.4 Å². The summed E-state index contributed by atoms with van der Waals surface area (Å²) in [6.45, 7) is 1.65. The van der Waals surface area contributed by atoms with Gasteiger partial charge in [0.05, 0.1) is 22.7 Å². The first-order chi connectivity index (χ1) is 14.8. The Morgan fingerprint density at radius 2 is 1.65 bits per heavy atom. The van der Waals surface area contributed by atoms with Gasteiger partial charge < -0.3 is 10.1 Å². The zero-order valence-corrected chi connectivity index (χ0v) is 18.8. The number of methoxy groups -OCH3 is 1. The van der Waals surface area contributed by atoms with Crippen LogP contribution in [0.4, 0.5) is 5.69 Å². The number of amides is 1. The van der Waals surface area contributed by atoms with E-state index in [1.54, 1.807) is 49.6 Å². The van der Waals surface area contributed by atoms with E-state index < -0.39 is 22.5 Å². The lowest BCUT2D eigenvalue weighted by atomic mass is 10.2. The molecule has 0 saturated heterocycles. The lowest BCUT2D eigenvalue weighted by Gasteiger charge is -2.25. The first kappa shape index (κ1) is 22.7. The molecule has 3 aromatic carbocycles. The number of nitrogens with one attached hydrogen (secondary N) is 1. The molecule has 0 atom stereocenters. The molecule has 6 nitrogen and oxygen atoms in total. The molecule has 0 aliphatic carbocycles. The van der Waals surface area contributed by atoms with E-state index in [0.29, 0.717) is 5.75 Å². The van der Waals surface area contributed by atoms with Gasteiger partial charge in [-0.3, -0.25) is 9.10 Å². The summed E-state index contributed by atoms with van der Waals surface area (Å²) in [5, 5.41) is 2.99. The summed E-state index contributed by atoms with van der Waals surface area (Å²) in [4.78, 5) is 12.8. The minimum atomic E-state index is -4.02. The number of para-hydroxylation sites is 2. The van der Waals surface area contributed by atoms with E-state index in [1.807, 2.05) is 25.1 Å². The van der Waals surface area contributed by atoms with Crippen molar-refractivity contribution in [3.05, 3.63) is 88.9 Å². The lowest BCUT2D eigenvalue weighted by Crippen LogP contribution is -2.40. The number of hydrogen-bond acceptors (Lipinski definition) is 4. The van der Waals surface area contributed by atoms with Crippen LogP contribution in [-0.2, 0) is 21.4 Å². The predicted octanol–water partition coefficient (Wildman–Crippen LogP) is 4.17. The molecule has 0 unspecified atom stereocenters. The lowest BCUT2D eigenvalue weighted by molar-refractivity contribution is -0.119. The van der Waals surface area contributed by atoms with Gasteiger partial charge in [-0.05, 0) is 37.3 Å². The first-order valence-corrected chi connectivity index (χ1v) is 11.4. The van der Waals surface area contributed by atoms with Gasteiger partial charge in [0.15, 0.2) is 0 Å². The van der Waals surface area contributed by atoms with Crippen molar-refractivity contribution in [3.8, 4) is 5.75 Å². The van der Waals surface area contributed by atoms with Crippen LogP contribution in [0.5, 0.6) is 5.75 Å². The molecule has 0 fully saturated rings. The monoisotopic (exact) mass is 458 g/mol. The number of anilines is 1. The van der Waals surface area contributed by atoms with Crippen LogP contribution >= 0.6 is 11.6 Å². The Morgan fingerprint density at radius 3 is 2.32 bits per heavy atom. The average Bonchev–Trinajstić information content (AvgIpc) is 2.77. The minimum absolute atomic E-state index is 0.0792. The van der Waals surface area contributed by atoms with Crippen molar-refractivity contribution in [3.63, 3.8) is 0 Å². The fourth-order valence-electron chi connectivity index (χ4n) is 3.02. The maximum atomic E-state index is 13.4. The van der Waals surface area contributed by atoms with Gasteiger partial charge in [0, 0.05) is 12.1 Å². The third-order valence-corrected chi connectivity index (χ3v) is 6.78. The number of carbonyl (C=O) groups is 1. The predicted molar refractivity (Wildman–Crippen MR) is 122 cm³/mol. The van der Waals surface area contributed by atoms with Gasteiger partial charge in [0.2, 0.25) is 5.91 Å². The summed E-state index contributed by atoms with van der Waals surface area (Å²) < 4.78 is 33.1. The molecule has 0 spiro atoms. The summed E-state index contributed by atoms with van der Waals surface area (Å²) in [6.07, 6.45) is 0. The van der Waals surface area contributed by atoms with Crippen molar-refractivity contribution >= 4 is 33.2 Å². The van der Waals surface area contributed by atoms with Gasteiger partial charge in [0.1, 0.15) is 12.3 Å². The fourth-order valence-corrected chi connectivity index (χ4v) is 4.75. The summed E-state index contributed by atoms with van der Waals surface area (Å²) in [5.74, 6) is 0.166. The van der Waals surface area contributed by atoms with E-state index in [4.69, 9.17) is 16.3 Å². The van der Waals surface area contributed by atoms with E-state index in [-0.39, 0.29) is 22.2 Å². The van der Waals surface area contributed by atoms with Crippen LogP contribution in [0.2, 0.25) is 5.02 Å². The number of sulfonamides is 1. The molecular formula is C23H23ClN2O4S. The number of hydrogen-bond donors (Lipinski definition) is 1. The van der Waals surface area contributed by atoms with Crippen molar-refractivity contribution in [1.82, 2.24) is 5.32 Å². The highest BCUT2D eigenvalue weighted by molar-refractivity contribution is 7.92. The molecule has 0 aliphatic rings. The van der Waals surface area contributed by atoms with Crippen LogP contribution in [0.25, 0.3) is 0 Å². The largest absolute Gasteiger partial charge is 0.496 e. The zero-order valence-electron chi connectivity index (χ0n) is 17.2. The Kier molecular flexibility index (Phi) is 7.20. The third-order valence-electron chi connectivity index (χ3n) is 4.69. The second kappa shape index (κ2) is 9.85. The van der Waals surface area contributed by atoms with E-state index in [2.05, 4.69) is 5.32 Å². The second-order valence-corrected chi connectivity index (χ2v) is 9.13. The maximum Gasteiger partial charge on any atom is 0.264 e. The van der Waals surface area contributed by atoms with Gasteiger partial charge in [-0.15, -0.1) is 0 Å². The molecule has 0 saturated carbocycles. The fraction of sp³-hybridized carbons (Fsp3) is 0.174. The van der Waals surface area contributed by atoms with Gasteiger partial charge in [-0.1, -0.05) is 59.6 Å². The Balaban J connectivity index is 1.88. The van der Waals surface area contributed by atoms with Gasteiger partial charge in [-0.25, -0.2) is 8.42 Å². The number of nitrogens with zero attached hydrogens (tertiary/aromatic N) is 1. The molecule has 3 rings (SSSR count). The molecule has 0 aromatic heterocycles. The molecule has 1 amide bonds. The van der Waals surface area contributed by atoms with E-state index >= 15 is 0 Å². The van der Waals surface area contributed by atoms with Crippen LogP contribution in [0.3, 0.4) is 0 Å². The molecule has 8 heteroatoms. The van der Waals surface area contributed by atoms with Crippen LogP contribution in [-0.4, -0.2) is 28.0 Å². The number of ether oxygens (including phenoxy) is 1. The molecular weight excluding hydrogens is 436 g/mol. The molecule has 0 radical (unpaired) electrons. The molecule has 3 aromatic rings. The number of halogens is 1. The number of rotatable bonds is 8. The Hall–Kier alpha value is -3.03. The first-order valence-electron chi connectivity index (χ1n) is 9.55. The smallest absolute Gasteiger partial charge is 0.264 e. The normalized spacial score (nSPS) is 11.1. The van der Waals surface area contributed by atoms with Gasteiger partial charge in [0.25, 0.3) is 10.0 Å². The Labute approximate surface area is 187 Å². The molecule has 0 heterocycles. The minimum Gasteiger partial charge on any atom is -0.496 e. The van der Waals surface area contributed by atoms with Crippen molar-refractivity contribution in [2.45, 2.75) is 18.4 Å². The zero-order chi connectivity index (χ0) is 22.4. The number of carbonyl (C=O) groups excluding carboxylic acids is 1. The highest BCUT2D eigenvalue weighted by Gasteiger charge is 2.28. The van der Waals surface area contributed by atoms with Crippen molar-refractivity contribution < 1.29 is 17.9 Å². The van der Waals surface area contributed by atoms with E-state index in [9.17, 15) is 13.2 Å². The highest BCUT2D eigenvalue weighted by Crippen LogP contribution is 2.30. The highest BCUT2D eigenvalue weighted by atomic mass is 35.5. The standard InChI is InChI=1S/C23H23ClN2O4S/c1-17-11-13-19(14-12-17)31(28,29)26(21-9-5-4-8-20(21)24)16-23(27)25-15-18-7-3-6-10-22(18)30-2/h3-14H,15-16H2,1-2H3,(H,25,27). The van der Waals surface area contributed by atoms with Crippen molar-refractivity contribution in [1.29, 1.82) is 0 Å². The molecule has 0 aliphatic heterocycles. The van der Waals surface area contributed by atoms with Gasteiger partial charge >= 0.3 is 0 Å². The molecule has 0 bridgehead atoms. The average molecular weight is 459 g/mol. The van der Waals surface area contributed by atoms with Crippen molar-refractivity contribution in [2.24, 2.45) is 0 Å². The van der Waals surface area contributed by atoms with Crippen molar-refractivity contribution in [2.75, 3.05) is 18.0 Å². The maximum absolute atomic E-state index is 13.4. The number of aryl methyl sites for hydroxylation is 1. The van der Waals surface area contributed by atoms with Crippen LogP contribution in [0.15, 0.2) is 77.7 Å². The van der Waals surface area contributed by atoms with Crippen LogP contribution in [0, 0.1) is 6.92 Å². The second-order valence-electron chi connectivity index (χ2n) is 6.86. The van der Waals surface area contributed by atoms with Crippen LogP contribution in [0.1, 0.15) is 11.1 Å². The van der Waals surface area contributed by atoms with Crippen LogP contribution < -0.4 is 14.4 Å². The summed E-state index contributed by atoms with van der Waals surface area (Å²) >= 11 is 6.28.